The van der Waals surface area contributed by atoms with Crippen LogP contribution in [0.2, 0.25) is 0 Å². The summed E-state index contributed by atoms with van der Waals surface area (Å²) in [6.45, 7) is 3.75. The van der Waals surface area contributed by atoms with Crippen LogP contribution in [0.4, 0.5) is 0 Å². The lowest BCUT2D eigenvalue weighted by atomic mass is 9.94. The summed E-state index contributed by atoms with van der Waals surface area (Å²) in [4.78, 5) is 28.0. The third-order valence-corrected chi connectivity index (χ3v) is 5.11. The molecule has 1 aliphatic rings. The van der Waals surface area contributed by atoms with Crippen molar-refractivity contribution >= 4 is 5.91 Å². The van der Waals surface area contributed by atoms with E-state index in [0.717, 1.165) is 42.5 Å². The van der Waals surface area contributed by atoms with Gasteiger partial charge in [-0.2, -0.15) is 0 Å². The molecule has 1 amide bonds. The number of nitrogens with zero attached hydrogens (tertiary/aromatic N) is 2. The fourth-order valence-corrected chi connectivity index (χ4v) is 3.55. The van der Waals surface area contributed by atoms with E-state index in [1.807, 2.05) is 44.2 Å². The van der Waals surface area contributed by atoms with Gasteiger partial charge in [0.15, 0.2) is 5.69 Å². The van der Waals surface area contributed by atoms with Crippen molar-refractivity contribution in [2.24, 2.45) is 0 Å². The van der Waals surface area contributed by atoms with Gasteiger partial charge in [0.1, 0.15) is 12.2 Å². The van der Waals surface area contributed by atoms with Gasteiger partial charge >= 0.3 is 0 Å². The number of amides is 1. The third-order valence-electron chi connectivity index (χ3n) is 5.11. The lowest BCUT2D eigenvalue weighted by Gasteiger charge is -2.26. The van der Waals surface area contributed by atoms with E-state index in [0.29, 0.717) is 5.69 Å². The van der Waals surface area contributed by atoms with Crippen LogP contribution in [0.15, 0.2) is 45.8 Å². The highest BCUT2D eigenvalue weighted by Crippen LogP contribution is 2.26. The molecule has 156 valence electrons. The number of fused-ring (bicyclic) bond motifs is 1. The summed E-state index contributed by atoms with van der Waals surface area (Å²) < 4.78 is 10.6. The fourth-order valence-electron chi connectivity index (χ4n) is 3.55. The number of carbonyl (C=O) groups excluding carboxylic acids is 1. The summed E-state index contributed by atoms with van der Waals surface area (Å²) >= 11 is 0. The molecule has 0 aliphatic heterocycles. The van der Waals surface area contributed by atoms with Gasteiger partial charge in [-0.25, -0.2) is 4.63 Å². The van der Waals surface area contributed by atoms with E-state index in [1.165, 1.54) is 0 Å². The summed E-state index contributed by atoms with van der Waals surface area (Å²) in [5, 5.41) is 10.6. The number of hydrogen-bond acceptors (Lipinski definition) is 6. The van der Waals surface area contributed by atoms with Crippen LogP contribution in [0.1, 0.15) is 48.3 Å². The molecule has 1 aromatic carbocycles. The fraction of sp³-hybridized carbons (Fsp3) is 0.364. The molecular formula is C22H24N4O4. The second-order valence-corrected chi connectivity index (χ2v) is 8.13. The van der Waals surface area contributed by atoms with E-state index in [2.05, 4.69) is 20.6 Å². The van der Waals surface area contributed by atoms with Crippen molar-refractivity contribution in [3.8, 4) is 17.1 Å². The first kappa shape index (κ1) is 19.9. The van der Waals surface area contributed by atoms with Crippen molar-refractivity contribution in [2.75, 3.05) is 6.61 Å². The molecule has 0 unspecified atom stereocenters. The monoisotopic (exact) mass is 408 g/mol. The van der Waals surface area contributed by atoms with Crippen molar-refractivity contribution in [3.63, 3.8) is 0 Å². The largest absolute Gasteiger partial charge is 0.471 e. The van der Waals surface area contributed by atoms with E-state index < -0.39 is 11.4 Å². The number of pyridine rings is 1. The average molecular weight is 408 g/mol. The van der Waals surface area contributed by atoms with Crippen LogP contribution in [0.5, 0.6) is 5.88 Å². The average Bonchev–Trinajstić information content (AvgIpc) is 3.21. The van der Waals surface area contributed by atoms with Crippen molar-refractivity contribution in [3.05, 3.63) is 63.6 Å². The molecule has 4 rings (SSSR count). The maximum atomic E-state index is 12.8. The van der Waals surface area contributed by atoms with Crippen molar-refractivity contribution < 1.29 is 14.2 Å². The smallest absolute Gasteiger partial charge is 0.284 e. The van der Waals surface area contributed by atoms with Gasteiger partial charge in [0.05, 0.1) is 5.54 Å². The van der Waals surface area contributed by atoms with Gasteiger partial charge in [0.2, 0.25) is 0 Å². The standard InChI is InChI=1S/C22H24N4O4/c1-22(2,13-29-21-18(25-30-26-21)14-8-4-3-5-9-14)24-20(28)16-12-15-10-6-7-11-17(15)23-19(16)27/h3-5,8-9,12H,6-7,10-11,13H2,1-2H3,(H,23,27)(H,24,28). The lowest BCUT2D eigenvalue weighted by molar-refractivity contribution is 0.0875. The molecule has 2 aromatic heterocycles. The van der Waals surface area contributed by atoms with Crippen molar-refractivity contribution in [2.45, 2.75) is 45.1 Å². The Bertz CT molecular complexity index is 1100. The highest BCUT2D eigenvalue weighted by Gasteiger charge is 2.26. The van der Waals surface area contributed by atoms with Crippen LogP contribution >= 0.6 is 0 Å². The van der Waals surface area contributed by atoms with E-state index in [9.17, 15) is 9.59 Å². The molecule has 8 heteroatoms. The predicted octanol–water partition coefficient (Wildman–Crippen LogP) is 2.89. The molecule has 1 aliphatic carbocycles. The zero-order valence-corrected chi connectivity index (χ0v) is 17.0. The third kappa shape index (κ3) is 4.27. The summed E-state index contributed by atoms with van der Waals surface area (Å²) in [7, 11) is 0. The van der Waals surface area contributed by atoms with Crippen LogP contribution in [-0.2, 0) is 12.8 Å². The minimum absolute atomic E-state index is 0.121. The summed E-state index contributed by atoms with van der Waals surface area (Å²) in [6.07, 6.45) is 3.84. The number of H-pyrrole nitrogens is 1. The van der Waals surface area contributed by atoms with E-state index in [4.69, 9.17) is 9.37 Å². The summed E-state index contributed by atoms with van der Waals surface area (Å²) in [6, 6.07) is 11.1. The Morgan fingerprint density at radius 3 is 2.77 bits per heavy atom. The molecule has 2 N–H and O–H groups in total. The molecule has 0 bridgehead atoms. The quantitative estimate of drug-likeness (QED) is 0.649. The minimum Gasteiger partial charge on any atom is -0.471 e. The molecule has 0 saturated heterocycles. The zero-order chi connectivity index (χ0) is 21.1. The highest BCUT2D eigenvalue weighted by molar-refractivity contribution is 5.94. The van der Waals surface area contributed by atoms with Crippen LogP contribution in [-0.4, -0.2) is 33.4 Å². The number of benzene rings is 1. The van der Waals surface area contributed by atoms with Crippen LogP contribution in [0, 0.1) is 0 Å². The molecule has 30 heavy (non-hydrogen) atoms. The Kier molecular flexibility index (Phi) is 5.39. The SMILES string of the molecule is CC(C)(COc1nonc1-c1ccccc1)NC(=O)c1cc2c([nH]c1=O)CCCC2. The number of aromatic nitrogens is 3. The van der Waals surface area contributed by atoms with Crippen molar-refractivity contribution in [1.82, 2.24) is 20.6 Å². The molecule has 3 aromatic rings. The van der Waals surface area contributed by atoms with Gasteiger partial charge in [-0.05, 0) is 61.5 Å². The Labute approximate surface area is 173 Å². The Balaban J connectivity index is 1.45. The van der Waals surface area contributed by atoms with Crippen LogP contribution in [0.3, 0.4) is 0 Å². The van der Waals surface area contributed by atoms with Gasteiger partial charge in [0.25, 0.3) is 17.3 Å². The molecule has 2 heterocycles. The molecule has 0 radical (unpaired) electrons. The van der Waals surface area contributed by atoms with Crippen molar-refractivity contribution in [1.29, 1.82) is 0 Å². The molecule has 0 fully saturated rings. The van der Waals surface area contributed by atoms with Gasteiger partial charge in [0, 0.05) is 11.3 Å². The Morgan fingerprint density at radius 2 is 1.97 bits per heavy atom. The lowest BCUT2D eigenvalue weighted by Crippen LogP contribution is -2.49. The molecule has 0 spiro atoms. The Hall–Kier alpha value is -3.42. The number of hydrogen-bond donors (Lipinski definition) is 2. The number of rotatable bonds is 6. The molecule has 0 atom stereocenters. The topological polar surface area (TPSA) is 110 Å². The summed E-state index contributed by atoms with van der Waals surface area (Å²) in [5.41, 5.74) is 2.29. The first-order valence-electron chi connectivity index (χ1n) is 10.0. The number of carbonyl (C=O) groups is 1. The minimum atomic E-state index is -0.758. The van der Waals surface area contributed by atoms with Crippen LogP contribution < -0.4 is 15.6 Å². The molecule has 0 saturated carbocycles. The van der Waals surface area contributed by atoms with Gasteiger partial charge in [-0.3, -0.25) is 9.59 Å². The number of ether oxygens (including phenoxy) is 1. The molecule has 8 nitrogen and oxygen atoms in total. The zero-order valence-electron chi connectivity index (χ0n) is 17.0. The highest BCUT2D eigenvalue weighted by atomic mass is 16.6. The van der Waals surface area contributed by atoms with E-state index in [-0.39, 0.29) is 23.6 Å². The number of nitrogens with one attached hydrogen (secondary N) is 2. The predicted molar refractivity (Wildman–Crippen MR) is 110 cm³/mol. The number of aryl methyl sites for hydroxylation is 2. The van der Waals surface area contributed by atoms with Gasteiger partial charge in [-0.1, -0.05) is 30.3 Å². The second kappa shape index (κ2) is 8.14. The molecular weight excluding hydrogens is 384 g/mol. The van der Waals surface area contributed by atoms with E-state index >= 15 is 0 Å². The summed E-state index contributed by atoms with van der Waals surface area (Å²) in [5.74, 6) is -0.185. The normalized spacial score (nSPS) is 13.5. The maximum Gasteiger partial charge on any atom is 0.284 e. The van der Waals surface area contributed by atoms with Gasteiger partial charge < -0.3 is 15.0 Å². The first-order valence-corrected chi connectivity index (χ1v) is 10.0. The maximum absolute atomic E-state index is 12.8. The van der Waals surface area contributed by atoms with Crippen LogP contribution in [0.25, 0.3) is 11.3 Å². The van der Waals surface area contributed by atoms with Gasteiger partial charge in [-0.15, -0.1) is 0 Å². The first-order chi connectivity index (χ1) is 14.4. The van der Waals surface area contributed by atoms with E-state index in [1.54, 1.807) is 6.07 Å². The number of aromatic amines is 1. The Morgan fingerprint density at radius 1 is 1.20 bits per heavy atom. The second-order valence-electron chi connectivity index (χ2n) is 8.13.